The molecule has 0 saturated heterocycles. The highest BCUT2D eigenvalue weighted by molar-refractivity contribution is 7.99. The molecule has 0 aliphatic rings. The van der Waals surface area contributed by atoms with Crippen LogP contribution in [0.2, 0.25) is 0 Å². The minimum atomic E-state index is 0.706. The molecule has 0 radical (unpaired) electrons. The summed E-state index contributed by atoms with van der Waals surface area (Å²) in [4.78, 5) is 9.99. The second-order valence-electron chi connectivity index (χ2n) is 4.52. The molecule has 2 aromatic rings. The monoisotopic (exact) mass is 273 g/mol. The Morgan fingerprint density at radius 2 is 2.05 bits per heavy atom. The molecule has 1 aromatic carbocycles. The van der Waals surface area contributed by atoms with Crippen LogP contribution in [0.5, 0.6) is 0 Å². The first-order valence-electron chi connectivity index (χ1n) is 6.51. The summed E-state index contributed by atoms with van der Waals surface area (Å²) in [5, 5.41) is 4.19. The molecule has 0 unspecified atom stereocenters. The van der Waals surface area contributed by atoms with Crippen LogP contribution in [-0.2, 0) is 0 Å². The maximum Gasteiger partial charge on any atom is 0.223 e. The van der Waals surface area contributed by atoms with Gasteiger partial charge in [0.25, 0.3) is 0 Å². The third-order valence-corrected chi connectivity index (χ3v) is 3.82. The van der Waals surface area contributed by atoms with E-state index in [0.717, 1.165) is 18.0 Å². The number of nitrogens with zero attached hydrogens (tertiary/aromatic N) is 2. The van der Waals surface area contributed by atoms with Crippen LogP contribution in [-0.4, -0.2) is 16.5 Å². The van der Waals surface area contributed by atoms with Gasteiger partial charge in [0.1, 0.15) is 5.03 Å². The Kier molecular flexibility index (Phi) is 4.80. The molecular weight excluding hydrogens is 254 g/mol. The number of aromatic nitrogens is 2. The lowest BCUT2D eigenvalue weighted by molar-refractivity contribution is 0.935. The molecule has 0 bridgehead atoms. The van der Waals surface area contributed by atoms with Crippen molar-refractivity contribution in [1.29, 1.82) is 0 Å². The zero-order valence-electron chi connectivity index (χ0n) is 11.6. The van der Waals surface area contributed by atoms with Crippen molar-refractivity contribution in [2.24, 2.45) is 0 Å². The molecule has 4 heteroatoms. The average Bonchev–Trinajstić information content (AvgIpc) is 2.41. The number of hydrogen-bond acceptors (Lipinski definition) is 4. The minimum absolute atomic E-state index is 0.706. The summed E-state index contributed by atoms with van der Waals surface area (Å²) in [5.41, 5.74) is 2.55. The van der Waals surface area contributed by atoms with Gasteiger partial charge in [0.05, 0.1) is 0 Å². The van der Waals surface area contributed by atoms with Gasteiger partial charge in [0, 0.05) is 17.6 Å². The van der Waals surface area contributed by atoms with E-state index in [1.807, 2.05) is 6.07 Å². The van der Waals surface area contributed by atoms with Crippen LogP contribution in [0, 0.1) is 13.8 Å². The van der Waals surface area contributed by atoms with Gasteiger partial charge < -0.3 is 5.32 Å². The zero-order chi connectivity index (χ0) is 13.7. The molecule has 1 heterocycles. The van der Waals surface area contributed by atoms with Crippen LogP contribution in [0.1, 0.15) is 24.5 Å². The summed E-state index contributed by atoms with van der Waals surface area (Å²) in [5.74, 6) is 0.706. The highest BCUT2D eigenvalue weighted by Crippen LogP contribution is 2.29. The normalized spacial score (nSPS) is 10.5. The van der Waals surface area contributed by atoms with Gasteiger partial charge in [-0.1, -0.05) is 30.8 Å². The van der Waals surface area contributed by atoms with E-state index in [9.17, 15) is 0 Å². The molecule has 0 amide bonds. The fourth-order valence-corrected chi connectivity index (χ4v) is 2.61. The van der Waals surface area contributed by atoms with Crippen LogP contribution in [0.25, 0.3) is 0 Å². The number of rotatable bonds is 5. The summed E-state index contributed by atoms with van der Waals surface area (Å²) in [7, 11) is 0. The Morgan fingerprint density at radius 3 is 2.84 bits per heavy atom. The molecule has 0 saturated carbocycles. The van der Waals surface area contributed by atoms with Gasteiger partial charge in [0.15, 0.2) is 0 Å². The smallest absolute Gasteiger partial charge is 0.223 e. The largest absolute Gasteiger partial charge is 0.354 e. The van der Waals surface area contributed by atoms with Crippen molar-refractivity contribution < 1.29 is 0 Å². The van der Waals surface area contributed by atoms with E-state index < -0.39 is 0 Å². The average molecular weight is 273 g/mol. The Hall–Kier alpha value is -1.55. The van der Waals surface area contributed by atoms with E-state index in [1.54, 1.807) is 18.0 Å². The zero-order valence-corrected chi connectivity index (χ0v) is 12.4. The SMILES string of the molecule is CCCNc1nccc(Sc2cc(C)ccc2C)n1. The van der Waals surface area contributed by atoms with Crippen molar-refractivity contribution in [3.63, 3.8) is 0 Å². The second-order valence-corrected chi connectivity index (χ2v) is 5.58. The van der Waals surface area contributed by atoms with E-state index in [-0.39, 0.29) is 0 Å². The van der Waals surface area contributed by atoms with Gasteiger partial charge in [0.2, 0.25) is 5.95 Å². The summed E-state index contributed by atoms with van der Waals surface area (Å²) in [6.45, 7) is 7.26. The van der Waals surface area contributed by atoms with Crippen molar-refractivity contribution in [2.45, 2.75) is 37.1 Å². The molecule has 0 fully saturated rings. The third-order valence-electron chi connectivity index (χ3n) is 2.72. The molecule has 2 rings (SSSR count). The van der Waals surface area contributed by atoms with Gasteiger partial charge in [-0.2, -0.15) is 0 Å². The first-order valence-corrected chi connectivity index (χ1v) is 7.32. The summed E-state index contributed by atoms with van der Waals surface area (Å²) < 4.78 is 0. The highest BCUT2D eigenvalue weighted by atomic mass is 32.2. The lowest BCUT2D eigenvalue weighted by atomic mass is 10.2. The predicted molar refractivity (Wildman–Crippen MR) is 80.9 cm³/mol. The molecule has 1 N–H and O–H groups in total. The molecule has 3 nitrogen and oxygen atoms in total. The van der Waals surface area contributed by atoms with Gasteiger partial charge in [-0.25, -0.2) is 9.97 Å². The van der Waals surface area contributed by atoms with E-state index in [4.69, 9.17) is 0 Å². The van der Waals surface area contributed by atoms with Crippen LogP contribution in [0.15, 0.2) is 40.4 Å². The van der Waals surface area contributed by atoms with Gasteiger partial charge in [-0.15, -0.1) is 0 Å². The van der Waals surface area contributed by atoms with Crippen LogP contribution < -0.4 is 5.32 Å². The van der Waals surface area contributed by atoms with Crippen molar-refractivity contribution in [3.8, 4) is 0 Å². The maximum atomic E-state index is 4.52. The van der Waals surface area contributed by atoms with E-state index in [1.165, 1.54) is 16.0 Å². The fraction of sp³-hybridized carbons (Fsp3) is 0.333. The Morgan fingerprint density at radius 1 is 1.21 bits per heavy atom. The molecule has 0 aliphatic heterocycles. The number of benzene rings is 1. The quantitative estimate of drug-likeness (QED) is 0.833. The number of aryl methyl sites for hydroxylation is 2. The van der Waals surface area contributed by atoms with E-state index >= 15 is 0 Å². The van der Waals surface area contributed by atoms with Gasteiger partial charge in [-0.3, -0.25) is 0 Å². The lowest BCUT2D eigenvalue weighted by Gasteiger charge is -2.07. The van der Waals surface area contributed by atoms with Gasteiger partial charge >= 0.3 is 0 Å². The fourth-order valence-electron chi connectivity index (χ4n) is 1.65. The Balaban J connectivity index is 2.16. The maximum absolute atomic E-state index is 4.52. The first-order chi connectivity index (χ1) is 9.19. The molecule has 0 spiro atoms. The van der Waals surface area contributed by atoms with Crippen LogP contribution >= 0.6 is 11.8 Å². The number of anilines is 1. The summed E-state index contributed by atoms with van der Waals surface area (Å²) in [6, 6.07) is 8.42. The topological polar surface area (TPSA) is 37.8 Å². The molecular formula is C15H19N3S. The highest BCUT2D eigenvalue weighted by Gasteiger charge is 2.04. The third kappa shape index (κ3) is 3.96. The first kappa shape index (κ1) is 13.9. The lowest BCUT2D eigenvalue weighted by Crippen LogP contribution is -2.04. The van der Waals surface area contributed by atoms with Crippen molar-refractivity contribution in [1.82, 2.24) is 9.97 Å². The Bertz CT molecular complexity index is 555. The second kappa shape index (κ2) is 6.57. The Labute approximate surface area is 118 Å². The molecule has 0 aliphatic carbocycles. The predicted octanol–water partition coefficient (Wildman–Crippen LogP) is 4.07. The molecule has 100 valence electrons. The summed E-state index contributed by atoms with van der Waals surface area (Å²) >= 11 is 1.68. The van der Waals surface area contributed by atoms with Crippen molar-refractivity contribution in [2.75, 3.05) is 11.9 Å². The minimum Gasteiger partial charge on any atom is -0.354 e. The van der Waals surface area contributed by atoms with Crippen LogP contribution in [0.3, 0.4) is 0 Å². The van der Waals surface area contributed by atoms with Gasteiger partial charge in [-0.05, 0) is 43.5 Å². The molecule has 19 heavy (non-hydrogen) atoms. The summed E-state index contributed by atoms with van der Waals surface area (Å²) in [6.07, 6.45) is 2.87. The standard InChI is InChI=1S/C15H19N3S/c1-4-8-16-15-17-9-7-14(18-15)19-13-10-11(2)5-6-12(13)3/h5-7,9-10H,4,8H2,1-3H3,(H,16,17,18). The van der Waals surface area contributed by atoms with Crippen molar-refractivity contribution in [3.05, 3.63) is 41.6 Å². The molecule has 0 atom stereocenters. The van der Waals surface area contributed by atoms with E-state index in [0.29, 0.717) is 5.95 Å². The van der Waals surface area contributed by atoms with Crippen LogP contribution in [0.4, 0.5) is 5.95 Å². The van der Waals surface area contributed by atoms with E-state index in [2.05, 4.69) is 54.3 Å². The number of nitrogens with one attached hydrogen (secondary N) is 1. The molecule has 1 aromatic heterocycles. The number of hydrogen-bond donors (Lipinski definition) is 1. The van der Waals surface area contributed by atoms with Crippen molar-refractivity contribution >= 4 is 17.7 Å².